The van der Waals surface area contributed by atoms with E-state index < -0.39 is 10.0 Å². The number of ether oxygens (including phenoxy) is 5. The third-order valence-corrected chi connectivity index (χ3v) is 9.53. The molecular weight excluding hydrogens is 745 g/mol. The van der Waals surface area contributed by atoms with Crippen LogP contribution >= 0.6 is 0 Å². The van der Waals surface area contributed by atoms with Crippen LogP contribution in [0.3, 0.4) is 0 Å². The van der Waals surface area contributed by atoms with Crippen LogP contribution in [0.4, 0.5) is 11.4 Å². The van der Waals surface area contributed by atoms with Crippen molar-refractivity contribution in [3.63, 3.8) is 0 Å². The molecule has 0 fully saturated rings. The Morgan fingerprint density at radius 1 is 0.877 bits per heavy atom. The van der Waals surface area contributed by atoms with Gasteiger partial charge < -0.3 is 29.0 Å². The molecule has 5 rings (SSSR count). The molecule has 0 saturated heterocycles. The van der Waals surface area contributed by atoms with Gasteiger partial charge in [-0.15, -0.1) is 6.42 Å². The first-order chi connectivity index (χ1) is 27.2. The number of anilines is 2. The molecule has 13 heteroatoms. The summed E-state index contributed by atoms with van der Waals surface area (Å²) in [6.45, 7) is 10.8. The van der Waals surface area contributed by atoms with E-state index >= 15 is 0 Å². The smallest absolute Gasteiger partial charge is 0.255 e. The monoisotopic (exact) mass is 794 g/mol. The predicted molar refractivity (Wildman–Crippen MR) is 224 cm³/mol. The summed E-state index contributed by atoms with van der Waals surface area (Å²) < 4.78 is 54.4. The minimum Gasteiger partial charge on any atom is -0.492 e. The average molecular weight is 795 g/mol. The Bertz CT molecular complexity index is 2370. The maximum Gasteiger partial charge on any atom is 0.255 e. The van der Waals surface area contributed by atoms with Gasteiger partial charge in [0.2, 0.25) is 10.0 Å². The molecule has 0 aliphatic rings. The van der Waals surface area contributed by atoms with E-state index in [2.05, 4.69) is 20.9 Å². The number of fused-ring (bicyclic) bond motifs is 1. The number of nitrogens with one attached hydrogen (secondary N) is 2. The van der Waals surface area contributed by atoms with E-state index in [0.717, 1.165) is 45.0 Å². The largest absolute Gasteiger partial charge is 0.492 e. The van der Waals surface area contributed by atoms with Crippen molar-refractivity contribution in [2.45, 2.75) is 39.5 Å². The van der Waals surface area contributed by atoms with Crippen LogP contribution in [0, 0.1) is 19.3 Å². The normalized spacial score (nSPS) is 11.6. The molecule has 4 aromatic carbocycles. The number of sulfonamides is 1. The van der Waals surface area contributed by atoms with E-state index in [0.29, 0.717) is 74.5 Å². The molecular formula is C44H50N4O8S. The Labute approximate surface area is 335 Å². The zero-order valence-electron chi connectivity index (χ0n) is 33.5. The van der Waals surface area contributed by atoms with Crippen LogP contribution in [0.25, 0.3) is 22.0 Å². The second-order valence-corrected chi connectivity index (χ2v) is 16.3. The summed E-state index contributed by atoms with van der Waals surface area (Å²) in [5.41, 5.74) is 6.57. The van der Waals surface area contributed by atoms with Crippen LogP contribution in [0.15, 0.2) is 72.9 Å². The Morgan fingerprint density at radius 2 is 1.60 bits per heavy atom. The molecule has 12 nitrogen and oxygen atoms in total. The summed E-state index contributed by atoms with van der Waals surface area (Å²) in [7, 11) is -0.566. The second kappa shape index (κ2) is 19.1. The Balaban J connectivity index is 1.31. The second-order valence-electron chi connectivity index (χ2n) is 14.5. The highest BCUT2D eigenvalue weighted by atomic mass is 32.2. The van der Waals surface area contributed by atoms with Crippen molar-refractivity contribution in [1.82, 2.24) is 9.97 Å². The minimum atomic E-state index is -3.63. The standard InChI is InChI=1S/C44H50N4O8S/c1-9-30-20-31(22-36(21-30)56-19-18-55-17-16-54-15-14-52-6)23-41-45-28-34-24-32(12-13-38(34)46-41)37-25-33(11-10-29(37)2)43(49)47-39-26-35(44(3,4)5)27-40(42(39)53-7)48-57(8,50)51/h1,10-13,20-22,24-28,48H,14-19,23H2,2-8H3,(H,47,49). The molecule has 1 amide bonds. The number of aryl methyl sites for hydroxylation is 1. The van der Waals surface area contributed by atoms with Gasteiger partial charge in [0.15, 0.2) is 5.75 Å². The molecule has 57 heavy (non-hydrogen) atoms. The van der Waals surface area contributed by atoms with Crippen LogP contribution in [-0.2, 0) is 36.1 Å². The first-order valence-corrected chi connectivity index (χ1v) is 20.3. The van der Waals surface area contributed by atoms with Crippen molar-refractivity contribution in [3.05, 3.63) is 107 Å². The van der Waals surface area contributed by atoms with Gasteiger partial charge in [-0.1, -0.05) is 38.8 Å². The summed E-state index contributed by atoms with van der Waals surface area (Å²) in [6, 6.07) is 20.6. The molecule has 0 saturated carbocycles. The Kier molecular flexibility index (Phi) is 14.3. The average Bonchev–Trinajstić information content (AvgIpc) is 3.16. The first-order valence-electron chi connectivity index (χ1n) is 18.4. The molecule has 300 valence electrons. The van der Waals surface area contributed by atoms with Gasteiger partial charge in [0.25, 0.3) is 5.91 Å². The van der Waals surface area contributed by atoms with Crippen LogP contribution in [-0.4, -0.2) is 84.4 Å². The van der Waals surface area contributed by atoms with Crippen molar-refractivity contribution in [2.24, 2.45) is 0 Å². The summed E-state index contributed by atoms with van der Waals surface area (Å²) >= 11 is 0. The molecule has 1 aromatic heterocycles. The lowest BCUT2D eigenvalue weighted by molar-refractivity contribution is 0.0179. The minimum absolute atomic E-state index is 0.206. The number of carbonyl (C=O) groups excluding carboxylic acids is 1. The number of carbonyl (C=O) groups is 1. The van der Waals surface area contributed by atoms with Gasteiger partial charge in [0.1, 0.15) is 18.2 Å². The molecule has 2 N–H and O–H groups in total. The fraction of sp³-hybridized carbons (Fsp3) is 0.341. The highest BCUT2D eigenvalue weighted by Gasteiger charge is 2.23. The van der Waals surface area contributed by atoms with Crippen LogP contribution in [0.5, 0.6) is 11.5 Å². The quantitative estimate of drug-likeness (QED) is 0.0692. The lowest BCUT2D eigenvalue weighted by Crippen LogP contribution is -2.18. The summed E-state index contributed by atoms with van der Waals surface area (Å²) in [5, 5.41) is 3.79. The number of aromatic nitrogens is 2. The molecule has 0 aliphatic heterocycles. The van der Waals surface area contributed by atoms with Crippen LogP contribution < -0.4 is 19.5 Å². The molecule has 0 radical (unpaired) electrons. The van der Waals surface area contributed by atoms with Gasteiger partial charge in [-0.3, -0.25) is 9.52 Å². The number of terminal acetylenes is 1. The zero-order valence-corrected chi connectivity index (χ0v) is 34.3. The first kappa shape index (κ1) is 42.6. The van der Waals surface area contributed by atoms with Crippen molar-refractivity contribution >= 4 is 38.2 Å². The number of methoxy groups -OCH3 is 2. The SMILES string of the molecule is C#Cc1cc(Cc2ncc3cc(-c4cc(C(=O)Nc5cc(C(C)(C)C)cc(NS(C)(=O)=O)c5OC)ccc4C)ccc3n2)cc(OCCOCCOCCOC)c1. The number of nitrogens with zero attached hydrogens (tertiary/aromatic N) is 2. The van der Waals surface area contributed by atoms with Gasteiger partial charge in [0.05, 0.1) is 63.3 Å². The fourth-order valence-corrected chi connectivity index (χ4v) is 6.59. The number of hydrogen-bond acceptors (Lipinski definition) is 10. The molecule has 0 atom stereocenters. The highest BCUT2D eigenvalue weighted by Crippen LogP contribution is 2.39. The van der Waals surface area contributed by atoms with Gasteiger partial charge in [-0.2, -0.15) is 0 Å². The number of amides is 1. The van der Waals surface area contributed by atoms with Crippen molar-refractivity contribution in [1.29, 1.82) is 0 Å². The summed E-state index contributed by atoms with van der Waals surface area (Å²) in [6.07, 6.45) is 9.06. The predicted octanol–water partition coefficient (Wildman–Crippen LogP) is 7.17. The van der Waals surface area contributed by atoms with Gasteiger partial charge in [-0.05, 0) is 94.8 Å². The summed E-state index contributed by atoms with van der Waals surface area (Å²) in [4.78, 5) is 23.3. The fourth-order valence-electron chi connectivity index (χ4n) is 6.04. The molecule has 5 aromatic rings. The van der Waals surface area contributed by atoms with E-state index in [-0.39, 0.29) is 22.8 Å². The van der Waals surface area contributed by atoms with E-state index in [4.69, 9.17) is 35.1 Å². The maximum absolute atomic E-state index is 13.8. The van der Waals surface area contributed by atoms with Crippen molar-refractivity contribution in [3.8, 4) is 35.0 Å². The number of rotatable bonds is 18. The molecule has 0 aliphatic carbocycles. The van der Waals surface area contributed by atoms with Crippen LogP contribution in [0.2, 0.25) is 0 Å². The highest BCUT2D eigenvalue weighted by molar-refractivity contribution is 7.92. The van der Waals surface area contributed by atoms with Crippen LogP contribution in [0.1, 0.15) is 59.2 Å². The van der Waals surface area contributed by atoms with Gasteiger partial charge in [-0.25, -0.2) is 18.4 Å². The number of hydrogen-bond donors (Lipinski definition) is 2. The van der Waals surface area contributed by atoms with E-state index in [1.807, 2.05) is 76.2 Å². The molecule has 0 spiro atoms. The third-order valence-electron chi connectivity index (χ3n) is 8.94. The van der Waals surface area contributed by atoms with Gasteiger partial charge >= 0.3 is 0 Å². The maximum atomic E-state index is 13.8. The Hall–Kier alpha value is -5.52. The van der Waals surface area contributed by atoms with Gasteiger partial charge in [0, 0.05) is 36.2 Å². The molecule has 0 bridgehead atoms. The van der Waals surface area contributed by atoms with Crippen molar-refractivity contribution in [2.75, 3.05) is 70.2 Å². The third kappa shape index (κ3) is 12.0. The lowest BCUT2D eigenvalue weighted by Gasteiger charge is -2.24. The molecule has 0 unspecified atom stereocenters. The number of benzene rings is 4. The van der Waals surface area contributed by atoms with Crippen molar-refractivity contribution < 1.29 is 36.9 Å². The summed E-state index contributed by atoms with van der Waals surface area (Å²) in [5.74, 6) is 3.79. The molecule has 1 heterocycles. The van der Waals surface area contributed by atoms with E-state index in [1.165, 1.54) is 7.11 Å². The van der Waals surface area contributed by atoms with E-state index in [1.54, 1.807) is 31.5 Å². The Morgan fingerprint density at radius 3 is 2.28 bits per heavy atom. The lowest BCUT2D eigenvalue weighted by atomic mass is 9.86. The topological polar surface area (TPSA) is 147 Å². The zero-order chi connectivity index (χ0) is 41.2. The van der Waals surface area contributed by atoms with E-state index in [9.17, 15) is 13.2 Å².